The highest BCUT2D eigenvalue weighted by molar-refractivity contribution is 5.81. The van der Waals surface area contributed by atoms with E-state index in [-0.39, 0.29) is 11.9 Å². The van der Waals surface area contributed by atoms with Crippen molar-refractivity contribution in [3.05, 3.63) is 29.8 Å². The first-order chi connectivity index (χ1) is 9.79. The SMILES string of the molecule is COc1ccc(CCCNC(=O)C2COCCN2)cc1. The Labute approximate surface area is 119 Å². The molecule has 20 heavy (non-hydrogen) atoms. The van der Waals surface area contributed by atoms with Gasteiger partial charge in [-0.25, -0.2) is 0 Å². The molecule has 1 atom stereocenters. The van der Waals surface area contributed by atoms with Crippen LogP contribution >= 0.6 is 0 Å². The molecule has 5 nitrogen and oxygen atoms in total. The van der Waals surface area contributed by atoms with E-state index in [2.05, 4.69) is 22.8 Å². The van der Waals surface area contributed by atoms with Crippen molar-refractivity contribution in [2.24, 2.45) is 0 Å². The van der Waals surface area contributed by atoms with Gasteiger partial charge in [0, 0.05) is 13.1 Å². The van der Waals surface area contributed by atoms with Crippen LogP contribution in [0.4, 0.5) is 0 Å². The third-order valence-corrected chi connectivity index (χ3v) is 3.34. The molecular weight excluding hydrogens is 256 g/mol. The number of hydrogen-bond donors (Lipinski definition) is 2. The van der Waals surface area contributed by atoms with Crippen LogP contribution in [0, 0.1) is 0 Å². The predicted molar refractivity (Wildman–Crippen MR) is 76.9 cm³/mol. The van der Waals surface area contributed by atoms with Crippen LogP contribution in [0.2, 0.25) is 0 Å². The summed E-state index contributed by atoms with van der Waals surface area (Å²) in [7, 11) is 1.66. The zero-order valence-electron chi connectivity index (χ0n) is 11.9. The summed E-state index contributed by atoms with van der Waals surface area (Å²) >= 11 is 0. The summed E-state index contributed by atoms with van der Waals surface area (Å²) < 4.78 is 10.4. The molecule has 0 radical (unpaired) electrons. The Kier molecular flexibility index (Phi) is 5.83. The van der Waals surface area contributed by atoms with Crippen molar-refractivity contribution in [3.8, 4) is 5.75 Å². The number of carbonyl (C=O) groups excluding carboxylic acids is 1. The summed E-state index contributed by atoms with van der Waals surface area (Å²) in [4.78, 5) is 11.8. The van der Waals surface area contributed by atoms with E-state index in [9.17, 15) is 4.79 Å². The first kappa shape index (κ1) is 14.8. The maximum atomic E-state index is 11.8. The number of aryl methyl sites for hydroxylation is 1. The summed E-state index contributed by atoms with van der Waals surface area (Å²) in [6, 6.07) is 7.81. The van der Waals surface area contributed by atoms with Crippen LogP contribution in [-0.4, -0.2) is 45.4 Å². The molecule has 2 rings (SSSR count). The fourth-order valence-electron chi connectivity index (χ4n) is 2.15. The van der Waals surface area contributed by atoms with E-state index >= 15 is 0 Å². The Hall–Kier alpha value is -1.59. The van der Waals surface area contributed by atoms with Gasteiger partial charge in [0.15, 0.2) is 0 Å². The summed E-state index contributed by atoms with van der Waals surface area (Å²) in [5, 5.41) is 6.08. The molecular formula is C15H22N2O3. The standard InChI is InChI=1S/C15H22N2O3/c1-19-13-6-4-12(5-7-13)3-2-8-17-15(18)14-11-20-10-9-16-14/h4-7,14,16H,2-3,8-11H2,1H3,(H,17,18). The molecule has 0 spiro atoms. The Morgan fingerprint density at radius 3 is 2.90 bits per heavy atom. The molecule has 1 saturated heterocycles. The lowest BCUT2D eigenvalue weighted by Crippen LogP contribution is -2.51. The first-order valence-corrected chi connectivity index (χ1v) is 7.01. The van der Waals surface area contributed by atoms with Gasteiger partial charge in [-0.2, -0.15) is 0 Å². The predicted octanol–water partition coefficient (Wildman–Crippen LogP) is 0.732. The van der Waals surface area contributed by atoms with Crippen molar-refractivity contribution >= 4 is 5.91 Å². The number of rotatable bonds is 6. The third-order valence-electron chi connectivity index (χ3n) is 3.34. The molecule has 2 N–H and O–H groups in total. The fourth-order valence-corrected chi connectivity index (χ4v) is 2.15. The number of methoxy groups -OCH3 is 1. The molecule has 1 heterocycles. The Balaban J connectivity index is 1.64. The van der Waals surface area contributed by atoms with Crippen LogP contribution < -0.4 is 15.4 Å². The van der Waals surface area contributed by atoms with Gasteiger partial charge in [0.1, 0.15) is 11.8 Å². The molecule has 0 saturated carbocycles. The van der Waals surface area contributed by atoms with E-state index in [0.29, 0.717) is 19.8 Å². The van der Waals surface area contributed by atoms with Crippen LogP contribution in [0.3, 0.4) is 0 Å². The third kappa shape index (κ3) is 4.51. The van der Waals surface area contributed by atoms with E-state index in [1.807, 2.05) is 12.1 Å². The molecule has 5 heteroatoms. The first-order valence-electron chi connectivity index (χ1n) is 7.01. The normalized spacial score (nSPS) is 18.6. The smallest absolute Gasteiger partial charge is 0.239 e. The average molecular weight is 278 g/mol. The number of carbonyl (C=O) groups is 1. The van der Waals surface area contributed by atoms with E-state index in [4.69, 9.17) is 9.47 Å². The quantitative estimate of drug-likeness (QED) is 0.753. The molecule has 0 aliphatic carbocycles. The van der Waals surface area contributed by atoms with E-state index in [1.54, 1.807) is 7.11 Å². The fraction of sp³-hybridized carbons (Fsp3) is 0.533. The van der Waals surface area contributed by atoms with Crippen molar-refractivity contribution in [2.45, 2.75) is 18.9 Å². The topological polar surface area (TPSA) is 59.6 Å². The maximum Gasteiger partial charge on any atom is 0.239 e. The zero-order valence-corrected chi connectivity index (χ0v) is 11.9. The largest absolute Gasteiger partial charge is 0.497 e. The monoisotopic (exact) mass is 278 g/mol. The van der Waals surface area contributed by atoms with Gasteiger partial charge < -0.3 is 20.1 Å². The van der Waals surface area contributed by atoms with Crippen molar-refractivity contribution in [3.63, 3.8) is 0 Å². The number of benzene rings is 1. The van der Waals surface area contributed by atoms with Gasteiger partial charge in [-0.3, -0.25) is 4.79 Å². The highest BCUT2D eigenvalue weighted by atomic mass is 16.5. The summed E-state index contributed by atoms with van der Waals surface area (Å²) in [6.45, 7) is 2.57. The van der Waals surface area contributed by atoms with Crippen molar-refractivity contribution in [2.75, 3.05) is 33.4 Å². The molecule has 1 unspecified atom stereocenters. The number of amides is 1. The Morgan fingerprint density at radius 1 is 1.45 bits per heavy atom. The number of ether oxygens (including phenoxy) is 2. The van der Waals surface area contributed by atoms with E-state index in [0.717, 1.165) is 25.1 Å². The molecule has 0 aromatic heterocycles. The van der Waals surface area contributed by atoms with Gasteiger partial charge in [-0.15, -0.1) is 0 Å². The minimum Gasteiger partial charge on any atom is -0.497 e. The molecule has 0 bridgehead atoms. The number of morpholine rings is 1. The summed E-state index contributed by atoms with van der Waals surface area (Å²) in [6.07, 6.45) is 1.87. The second-order valence-corrected chi connectivity index (χ2v) is 4.82. The van der Waals surface area contributed by atoms with Crippen LogP contribution in [0.15, 0.2) is 24.3 Å². The average Bonchev–Trinajstić information content (AvgIpc) is 2.53. The molecule has 1 aliphatic heterocycles. The van der Waals surface area contributed by atoms with E-state index < -0.39 is 0 Å². The Bertz CT molecular complexity index is 414. The van der Waals surface area contributed by atoms with Crippen LogP contribution in [0.5, 0.6) is 5.75 Å². The van der Waals surface area contributed by atoms with Crippen LogP contribution in [0.25, 0.3) is 0 Å². The van der Waals surface area contributed by atoms with Crippen molar-refractivity contribution in [1.29, 1.82) is 0 Å². The van der Waals surface area contributed by atoms with Gasteiger partial charge >= 0.3 is 0 Å². The summed E-state index contributed by atoms with van der Waals surface area (Å²) in [5.41, 5.74) is 1.25. The Morgan fingerprint density at radius 2 is 2.25 bits per heavy atom. The molecule has 1 amide bonds. The molecule has 1 aromatic rings. The van der Waals surface area contributed by atoms with Crippen LogP contribution in [-0.2, 0) is 16.0 Å². The number of hydrogen-bond acceptors (Lipinski definition) is 4. The zero-order chi connectivity index (χ0) is 14.2. The lowest BCUT2D eigenvalue weighted by molar-refractivity contribution is -0.125. The second-order valence-electron chi connectivity index (χ2n) is 4.82. The van der Waals surface area contributed by atoms with Gasteiger partial charge in [0.05, 0.1) is 20.3 Å². The highest BCUT2D eigenvalue weighted by Crippen LogP contribution is 2.12. The van der Waals surface area contributed by atoms with Crippen molar-refractivity contribution < 1.29 is 14.3 Å². The van der Waals surface area contributed by atoms with Gasteiger partial charge in [-0.05, 0) is 30.5 Å². The minimum absolute atomic E-state index is 0.0273. The second kappa shape index (κ2) is 7.87. The highest BCUT2D eigenvalue weighted by Gasteiger charge is 2.20. The van der Waals surface area contributed by atoms with Gasteiger partial charge in [0.25, 0.3) is 0 Å². The van der Waals surface area contributed by atoms with Crippen molar-refractivity contribution in [1.82, 2.24) is 10.6 Å². The van der Waals surface area contributed by atoms with Crippen LogP contribution in [0.1, 0.15) is 12.0 Å². The molecule has 1 fully saturated rings. The molecule has 110 valence electrons. The molecule has 1 aliphatic rings. The number of nitrogens with one attached hydrogen (secondary N) is 2. The molecule has 1 aromatic carbocycles. The lowest BCUT2D eigenvalue weighted by Gasteiger charge is -2.22. The lowest BCUT2D eigenvalue weighted by atomic mass is 10.1. The van der Waals surface area contributed by atoms with Gasteiger partial charge in [0.2, 0.25) is 5.91 Å². The van der Waals surface area contributed by atoms with E-state index in [1.165, 1.54) is 5.56 Å². The van der Waals surface area contributed by atoms with Gasteiger partial charge in [-0.1, -0.05) is 12.1 Å². The summed E-state index contributed by atoms with van der Waals surface area (Å²) in [5.74, 6) is 0.893. The minimum atomic E-state index is -0.204. The maximum absolute atomic E-state index is 11.8.